The highest BCUT2D eigenvalue weighted by Gasteiger charge is 2.50. The van der Waals surface area contributed by atoms with E-state index < -0.39 is 11.7 Å². The van der Waals surface area contributed by atoms with Crippen LogP contribution in [0.4, 0.5) is 13.2 Å². The normalized spacial score (nSPS) is 20.9. The molecular weight excluding hydrogens is 229 g/mol. The summed E-state index contributed by atoms with van der Waals surface area (Å²) in [5.74, 6) is 0.0758. The second-order valence-electron chi connectivity index (χ2n) is 5.07. The maximum absolute atomic E-state index is 12.9. The van der Waals surface area contributed by atoms with Crippen LogP contribution in [0.15, 0.2) is 12.1 Å². The third-order valence-electron chi connectivity index (χ3n) is 3.79. The minimum Gasteiger partial charge on any atom is -0.493 e. The van der Waals surface area contributed by atoms with Crippen molar-refractivity contribution in [2.24, 2.45) is 0 Å². The summed E-state index contributed by atoms with van der Waals surface area (Å²) in [6.07, 6.45) is -1.50. The number of hydrogen-bond donors (Lipinski definition) is 0. The molecule has 3 rings (SSSR count). The first-order chi connectivity index (χ1) is 7.92. The molecule has 1 heterocycles. The first-order valence-electron chi connectivity index (χ1n) is 5.78. The standard InChI is InChI=1S/C13H13F3O/c1-8-6-9-11(10(7-8)13(14,15)16)17-5-4-12(9)2-3-12/h6-7H,2-5H2,1H3. The number of rotatable bonds is 0. The van der Waals surface area contributed by atoms with E-state index in [0.717, 1.165) is 24.8 Å². The van der Waals surface area contributed by atoms with Gasteiger partial charge in [-0.2, -0.15) is 13.2 Å². The molecule has 2 aliphatic rings. The number of ether oxygens (including phenoxy) is 1. The lowest BCUT2D eigenvalue weighted by Gasteiger charge is -2.28. The fourth-order valence-corrected chi connectivity index (χ4v) is 2.69. The van der Waals surface area contributed by atoms with Crippen molar-refractivity contribution in [3.63, 3.8) is 0 Å². The Kier molecular flexibility index (Phi) is 2.04. The summed E-state index contributed by atoms with van der Waals surface area (Å²) >= 11 is 0. The Morgan fingerprint density at radius 3 is 2.47 bits per heavy atom. The topological polar surface area (TPSA) is 9.23 Å². The molecule has 0 unspecified atom stereocenters. The Morgan fingerprint density at radius 2 is 1.88 bits per heavy atom. The Balaban J connectivity index is 2.22. The number of halogens is 3. The zero-order chi connectivity index (χ0) is 12.3. The van der Waals surface area contributed by atoms with E-state index in [1.165, 1.54) is 6.07 Å². The molecule has 0 atom stereocenters. The van der Waals surface area contributed by atoms with E-state index in [1.807, 2.05) is 6.07 Å². The third kappa shape index (κ3) is 1.61. The van der Waals surface area contributed by atoms with Crippen LogP contribution >= 0.6 is 0 Å². The Morgan fingerprint density at radius 1 is 1.18 bits per heavy atom. The maximum atomic E-state index is 12.9. The summed E-state index contributed by atoms with van der Waals surface area (Å²) in [4.78, 5) is 0. The molecule has 4 heteroatoms. The third-order valence-corrected chi connectivity index (χ3v) is 3.79. The van der Waals surface area contributed by atoms with Crippen LogP contribution in [0.1, 0.15) is 36.0 Å². The smallest absolute Gasteiger partial charge is 0.419 e. The molecule has 0 saturated heterocycles. The van der Waals surface area contributed by atoms with E-state index in [2.05, 4.69) is 0 Å². The highest BCUT2D eigenvalue weighted by molar-refractivity contribution is 5.53. The molecule has 1 aliphatic carbocycles. The SMILES string of the molecule is Cc1cc(C(F)(F)F)c2c(c1)C1(CCO2)CC1. The highest BCUT2D eigenvalue weighted by Crippen LogP contribution is 2.58. The summed E-state index contributed by atoms with van der Waals surface area (Å²) in [7, 11) is 0. The van der Waals surface area contributed by atoms with Gasteiger partial charge in [-0.15, -0.1) is 0 Å². The zero-order valence-corrected chi connectivity index (χ0v) is 9.53. The number of hydrogen-bond acceptors (Lipinski definition) is 1. The highest BCUT2D eigenvalue weighted by atomic mass is 19.4. The van der Waals surface area contributed by atoms with Gasteiger partial charge < -0.3 is 4.74 Å². The molecule has 1 aliphatic heterocycles. The van der Waals surface area contributed by atoms with Gasteiger partial charge in [-0.1, -0.05) is 6.07 Å². The van der Waals surface area contributed by atoms with Crippen molar-refractivity contribution in [2.45, 2.75) is 37.8 Å². The van der Waals surface area contributed by atoms with Gasteiger partial charge in [-0.05, 0) is 37.8 Å². The van der Waals surface area contributed by atoms with E-state index >= 15 is 0 Å². The zero-order valence-electron chi connectivity index (χ0n) is 9.53. The van der Waals surface area contributed by atoms with E-state index in [4.69, 9.17) is 4.74 Å². The van der Waals surface area contributed by atoms with Crippen LogP contribution < -0.4 is 4.74 Å². The van der Waals surface area contributed by atoms with Gasteiger partial charge in [-0.25, -0.2) is 0 Å². The Labute approximate surface area is 97.6 Å². The number of fused-ring (bicyclic) bond motifs is 2. The van der Waals surface area contributed by atoms with Gasteiger partial charge in [0.05, 0.1) is 12.2 Å². The minimum absolute atomic E-state index is 0.0143. The van der Waals surface area contributed by atoms with Gasteiger partial charge in [0.1, 0.15) is 5.75 Å². The molecule has 0 aromatic heterocycles. The number of aryl methyl sites for hydroxylation is 1. The summed E-state index contributed by atoms with van der Waals surface area (Å²) in [6.45, 7) is 2.11. The van der Waals surface area contributed by atoms with Crippen molar-refractivity contribution >= 4 is 0 Å². The van der Waals surface area contributed by atoms with Crippen LogP contribution in [-0.4, -0.2) is 6.61 Å². The molecule has 1 saturated carbocycles. The van der Waals surface area contributed by atoms with Crippen LogP contribution in [0.2, 0.25) is 0 Å². The average Bonchev–Trinajstić information content (AvgIpc) is 2.98. The second kappa shape index (κ2) is 3.18. The monoisotopic (exact) mass is 242 g/mol. The molecule has 1 aromatic rings. The largest absolute Gasteiger partial charge is 0.493 e. The molecule has 1 nitrogen and oxygen atoms in total. The first-order valence-corrected chi connectivity index (χ1v) is 5.78. The van der Waals surface area contributed by atoms with Crippen LogP contribution in [0.5, 0.6) is 5.75 Å². The van der Waals surface area contributed by atoms with Crippen molar-refractivity contribution < 1.29 is 17.9 Å². The lowest BCUT2D eigenvalue weighted by Crippen LogP contribution is -2.23. The van der Waals surface area contributed by atoms with Crippen molar-refractivity contribution in [3.8, 4) is 5.75 Å². The fourth-order valence-electron chi connectivity index (χ4n) is 2.69. The van der Waals surface area contributed by atoms with Gasteiger partial charge in [0.15, 0.2) is 0 Å². The predicted octanol–water partition coefficient (Wildman–Crippen LogP) is 3.83. The van der Waals surface area contributed by atoms with Crippen molar-refractivity contribution in [3.05, 3.63) is 28.8 Å². The maximum Gasteiger partial charge on any atom is 0.419 e. The van der Waals surface area contributed by atoms with Crippen LogP contribution in [0, 0.1) is 6.92 Å². The van der Waals surface area contributed by atoms with Gasteiger partial charge in [0, 0.05) is 11.0 Å². The molecule has 1 spiro atoms. The molecule has 1 fully saturated rings. The lowest BCUT2D eigenvalue weighted by molar-refractivity contribution is -0.139. The molecule has 1 aromatic carbocycles. The fraction of sp³-hybridized carbons (Fsp3) is 0.538. The van der Waals surface area contributed by atoms with Crippen LogP contribution in [0.25, 0.3) is 0 Å². The molecule has 17 heavy (non-hydrogen) atoms. The number of alkyl halides is 3. The van der Waals surface area contributed by atoms with E-state index in [0.29, 0.717) is 12.2 Å². The minimum atomic E-state index is -4.33. The van der Waals surface area contributed by atoms with Gasteiger partial charge >= 0.3 is 6.18 Å². The average molecular weight is 242 g/mol. The molecule has 0 amide bonds. The van der Waals surface area contributed by atoms with Crippen molar-refractivity contribution in [1.29, 1.82) is 0 Å². The molecule has 0 N–H and O–H groups in total. The van der Waals surface area contributed by atoms with Crippen molar-refractivity contribution in [1.82, 2.24) is 0 Å². The molecule has 92 valence electrons. The Hall–Kier alpha value is -1.19. The van der Waals surface area contributed by atoms with E-state index in [-0.39, 0.29) is 11.2 Å². The molecule has 0 radical (unpaired) electrons. The quantitative estimate of drug-likeness (QED) is 0.671. The van der Waals surface area contributed by atoms with Crippen LogP contribution in [-0.2, 0) is 11.6 Å². The molecular formula is C13H13F3O. The summed E-state index contributed by atoms with van der Waals surface area (Å²) in [5, 5.41) is 0. The summed E-state index contributed by atoms with van der Waals surface area (Å²) in [6, 6.07) is 3.04. The lowest BCUT2D eigenvalue weighted by atomic mass is 9.87. The van der Waals surface area contributed by atoms with Gasteiger partial charge in [-0.3, -0.25) is 0 Å². The van der Waals surface area contributed by atoms with E-state index in [1.54, 1.807) is 6.92 Å². The first kappa shape index (κ1) is 10.9. The number of benzene rings is 1. The van der Waals surface area contributed by atoms with E-state index in [9.17, 15) is 13.2 Å². The van der Waals surface area contributed by atoms with Crippen molar-refractivity contribution in [2.75, 3.05) is 6.61 Å². The summed E-state index contributed by atoms with van der Waals surface area (Å²) in [5.41, 5.74) is 0.807. The van der Waals surface area contributed by atoms with Gasteiger partial charge in [0.2, 0.25) is 0 Å². The van der Waals surface area contributed by atoms with Gasteiger partial charge in [0.25, 0.3) is 0 Å². The second-order valence-corrected chi connectivity index (χ2v) is 5.07. The predicted molar refractivity (Wildman–Crippen MR) is 57.2 cm³/mol. The Bertz CT molecular complexity index is 455. The molecule has 0 bridgehead atoms. The van der Waals surface area contributed by atoms with Crippen LogP contribution in [0.3, 0.4) is 0 Å². The summed E-state index contributed by atoms with van der Waals surface area (Å²) < 4.78 is 44.1.